The maximum atomic E-state index is 12.4. The Labute approximate surface area is 118 Å². The van der Waals surface area contributed by atoms with E-state index in [1.807, 2.05) is 48.5 Å². The molecule has 1 aromatic carbocycles. The Morgan fingerprint density at radius 3 is 2.80 bits per heavy atom. The number of likely N-dealkylation sites (N-methyl/N-ethyl adjacent to an activating group) is 1. The van der Waals surface area contributed by atoms with E-state index in [9.17, 15) is 4.79 Å². The van der Waals surface area contributed by atoms with E-state index in [0.717, 1.165) is 30.8 Å². The summed E-state index contributed by atoms with van der Waals surface area (Å²) in [7, 11) is 1.88. The van der Waals surface area contributed by atoms with Crippen LogP contribution in [0.1, 0.15) is 16.8 Å². The predicted octanol–water partition coefficient (Wildman–Crippen LogP) is 1.31. The van der Waals surface area contributed by atoms with Gasteiger partial charge in [0.05, 0.1) is 5.69 Å². The Morgan fingerprint density at radius 2 is 2.20 bits per heavy atom. The zero-order chi connectivity index (χ0) is 13.9. The van der Waals surface area contributed by atoms with Gasteiger partial charge in [0.15, 0.2) is 0 Å². The fourth-order valence-electron chi connectivity index (χ4n) is 2.52. The fourth-order valence-corrected chi connectivity index (χ4v) is 2.52. The number of hydrogen-bond acceptors (Lipinski definition) is 3. The lowest BCUT2D eigenvalue weighted by molar-refractivity contribution is 0.0744. The summed E-state index contributed by atoms with van der Waals surface area (Å²) in [6.07, 6.45) is 4.64. The number of benzene rings is 1. The monoisotopic (exact) mass is 270 g/mol. The molecule has 0 radical (unpaired) electrons. The number of amides is 1. The zero-order valence-electron chi connectivity index (χ0n) is 11.5. The lowest BCUT2D eigenvalue weighted by Crippen LogP contribution is -2.38. The van der Waals surface area contributed by atoms with Crippen molar-refractivity contribution >= 4 is 5.91 Å². The van der Waals surface area contributed by atoms with Gasteiger partial charge in [-0.1, -0.05) is 0 Å². The molecule has 1 fully saturated rings. The van der Waals surface area contributed by atoms with E-state index >= 15 is 0 Å². The van der Waals surface area contributed by atoms with Crippen LogP contribution in [-0.2, 0) is 0 Å². The van der Waals surface area contributed by atoms with Gasteiger partial charge in [0.2, 0.25) is 0 Å². The van der Waals surface area contributed by atoms with E-state index < -0.39 is 0 Å². The van der Waals surface area contributed by atoms with E-state index in [0.29, 0.717) is 6.04 Å². The van der Waals surface area contributed by atoms with Gasteiger partial charge in [-0.3, -0.25) is 4.79 Å². The van der Waals surface area contributed by atoms with Crippen molar-refractivity contribution in [2.24, 2.45) is 0 Å². The number of nitrogens with one attached hydrogen (secondary N) is 1. The van der Waals surface area contributed by atoms with Crippen molar-refractivity contribution in [3.8, 4) is 5.69 Å². The van der Waals surface area contributed by atoms with Gasteiger partial charge >= 0.3 is 0 Å². The Hall–Kier alpha value is -2.14. The number of nitrogens with zero attached hydrogens (tertiary/aromatic N) is 3. The molecule has 0 spiro atoms. The van der Waals surface area contributed by atoms with Gasteiger partial charge in [-0.25, -0.2) is 4.68 Å². The van der Waals surface area contributed by atoms with Crippen LogP contribution in [0.15, 0.2) is 42.7 Å². The van der Waals surface area contributed by atoms with Crippen LogP contribution in [-0.4, -0.2) is 46.8 Å². The summed E-state index contributed by atoms with van der Waals surface area (Å²) in [5.41, 5.74) is 1.67. The van der Waals surface area contributed by atoms with Gasteiger partial charge < -0.3 is 10.2 Å². The molecule has 5 nitrogen and oxygen atoms in total. The molecule has 5 heteroatoms. The van der Waals surface area contributed by atoms with Gasteiger partial charge in [-0.2, -0.15) is 5.10 Å². The molecular formula is C15H18N4O. The minimum absolute atomic E-state index is 0.0747. The maximum Gasteiger partial charge on any atom is 0.253 e. The van der Waals surface area contributed by atoms with E-state index in [1.54, 1.807) is 10.9 Å². The average molecular weight is 270 g/mol. The summed E-state index contributed by atoms with van der Waals surface area (Å²) in [5, 5.41) is 7.45. The van der Waals surface area contributed by atoms with Crippen LogP contribution in [0, 0.1) is 0 Å². The summed E-state index contributed by atoms with van der Waals surface area (Å²) in [5.74, 6) is 0.0747. The highest BCUT2D eigenvalue weighted by atomic mass is 16.2. The molecule has 1 saturated heterocycles. The number of hydrogen-bond donors (Lipinski definition) is 1. The Balaban J connectivity index is 1.75. The quantitative estimate of drug-likeness (QED) is 0.915. The van der Waals surface area contributed by atoms with Crippen LogP contribution in [0.3, 0.4) is 0 Å². The molecule has 1 atom stereocenters. The highest BCUT2D eigenvalue weighted by Gasteiger charge is 2.23. The van der Waals surface area contributed by atoms with Crippen molar-refractivity contribution < 1.29 is 4.79 Å². The van der Waals surface area contributed by atoms with E-state index in [1.165, 1.54) is 0 Å². The molecule has 1 amide bonds. The molecule has 2 aromatic rings. The third-order valence-corrected chi connectivity index (χ3v) is 3.79. The minimum atomic E-state index is 0.0747. The van der Waals surface area contributed by atoms with E-state index in [2.05, 4.69) is 10.4 Å². The van der Waals surface area contributed by atoms with Crippen molar-refractivity contribution in [3.63, 3.8) is 0 Å². The van der Waals surface area contributed by atoms with Gasteiger partial charge in [0.25, 0.3) is 5.91 Å². The molecule has 1 aliphatic heterocycles. The molecule has 0 bridgehead atoms. The molecule has 1 aromatic heterocycles. The Bertz CT molecular complexity index is 570. The molecule has 1 N–H and O–H groups in total. The first-order valence-corrected chi connectivity index (χ1v) is 6.83. The molecule has 3 rings (SSSR count). The molecule has 0 saturated carbocycles. The van der Waals surface area contributed by atoms with Crippen LogP contribution in [0.4, 0.5) is 0 Å². The van der Waals surface area contributed by atoms with E-state index in [4.69, 9.17) is 0 Å². The first-order valence-electron chi connectivity index (χ1n) is 6.83. The third kappa shape index (κ3) is 2.44. The van der Waals surface area contributed by atoms with Gasteiger partial charge in [-0.15, -0.1) is 0 Å². The fraction of sp³-hybridized carbons (Fsp3) is 0.333. The van der Waals surface area contributed by atoms with Gasteiger partial charge in [-0.05, 0) is 43.3 Å². The predicted molar refractivity (Wildman–Crippen MR) is 76.9 cm³/mol. The minimum Gasteiger partial charge on any atom is -0.337 e. The van der Waals surface area contributed by atoms with Crippen LogP contribution in [0.5, 0.6) is 0 Å². The van der Waals surface area contributed by atoms with Crippen LogP contribution in [0.2, 0.25) is 0 Å². The van der Waals surface area contributed by atoms with Crippen LogP contribution in [0.25, 0.3) is 5.69 Å². The molecule has 20 heavy (non-hydrogen) atoms. The number of carbonyl (C=O) groups is 1. The summed E-state index contributed by atoms with van der Waals surface area (Å²) in [6.45, 7) is 1.87. The number of carbonyl (C=O) groups excluding carboxylic acids is 1. The summed E-state index contributed by atoms with van der Waals surface area (Å²) in [6, 6.07) is 9.73. The lowest BCUT2D eigenvalue weighted by atomic mass is 10.1. The normalized spacial score (nSPS) is 18.1. The highest BCUT2D eigenvalue weighted by molar-refractivity contribution is 5.94. The molecule has 0 aliphatic carbocycles. The number of rotatable bonds is 3. The summed E-state index contributed by atoms with van der Waals surface area (Å²) >= 11 is 0. The van der Waals surface area contributed by atoms with Crippen LogP contribution >= 0.6 is 0 Å². The molecule has 2 heterocycles. The average Bonchev–Trinajstić information content (AvgIpc) is 3.18. The van der Waals surface area contributed by atoms with Gasteiger partial charge in [0, 0.05) is 37.6 Å². The summed E-state index contributed by atoms with van der Waals surface area (Å²) < 4.78 is 1.78. The molecule has 104 valence electrons. The summed E-state index contributed by atoms with van der Waals surface area (Å²) in [4.78, 5) is 14.2. The van der Waals surface area contributed by atoms with Crippen molar-refractivity contribution in [2.45, 2.75) is 12.5 Å². The second-order valence-corrected chi connectivity index (χ2v) is 5.06. The first-order chi connectivity index (χ1) is 9.75. The largest absolute Gasteiger partial charge is 0.337 e. The maximum absolute atomic E-state index is 12.4. The highest BCUT2D eigenvalue weighted by Crippen LogP contribution is 2.13. The topological polar surface area (TPSA) is 50.2 Å². The molecule has 0 unspecified atom stereocenters. The van der Waals surface area contributed by atoms with Crippen LogP contribution < -0.4 is 5.32 Å². The second kappa shape index (κ2) is 5.46. The first kappa shape index (κ1) is 12.9. The third-order valence-electron chi connectivity index (χ3n) is 3.79. The Kier molecular flexibility index (Phi) is 3.52. The van der Waals surface area contributed by atoms with Gasteiger partial charge in [0.1, 0.15) is 0 Å². The van der Waals surface area contributed by atoms with Crippen molar-refractivity contribution in [1.82, 2.24) is 20.0 Å². The smallest absolute Gasteiger partial charge is 0.253 e. The molecule has 1 aliphatic rings. The van der Waals surface area contributed by atoms with Crippen molar-refractivity contribution in [3.05, 3.63) is 48.3 Å². The lowest BCUT2D eigenvalue weighted by Gasteiger charge is -2.23. The van der Waals surface area contributed by atoms with Crippen molar-refractivity contribution in [2.75, 3.05) is 20.1 Å². The SMILES string of the molecule is CN(C(=O)c1ccc(-n2cccn2)cc1)[C@@H]1CCNC1. The zero-order valence-corrected chi connectivity index (χ0v) is 11.5. The van der Waals surface area contributed by atoms with Crippen molar-refractivity contribution in [1.29, 1.82) is 0 Å². The molecular weight excluding hydrogens is 252 g/mol. The Morgan fingerprint density at radius 1 is 1.40 bits per heavy atom. The van der Waals surface area contributed by atoms with E-state index in [-0.39, 0.29) is 5.91 Å². The second-order valence-electron chi connectivity index (χ2n) is 5.06. The number of aromatic nitrogens is 2. The standard InChI is InChI=1S/C15H18N4O/c1-18(14-7-9-16-11-14)15(20)12-3-5-13(6-4-12)19-10-2-8-17-19/h2-6,8,10,14,16H,7,9,11H2,1H3/t14-/m1/s1.